The summed E-state index contributed by atoms with van der Waals surface area (Å²) in [6.45, 7) is 5.38. The van der Waals surface area contributed by atoms with Gasteiger partial charge in [-0.1, -0.05) is 26.7 Å². The van der Waals surface area contributed by atoms with Crippen molar-refractivity contribution in [3.63, 3.8) is 0 Å². The fourth-order valence-electron chi connectivity index (χ4n) is 2.47. The molecule has 1 rings (SSSR count). The van der Waals surface area contributed by atoms with Crippen molar-refractivity contribution in [3.05, 3.63) is 0 Å². The molecule has 0 aromatic rings. The highest BCUT2D eigenvalue weighted by Gasteiger charge is 2.28. The molecule has 0 bridgehead atoms. The molecule has 1 saturated carbocycles. The van der Waals surface area contributed by atoms with Crippen molar-refractivity contribution in [1.29, 1.82) is 0 Å². The SMILES string of the molecule is COCC(CO)NC1CCCC(C)C1C. The van der Waals surface area contributed by atoms with Gasteiger partial charge < -0.3 is 15.2 Å². The third-order valence-electron chi connectivity index (χ3n) is 3.74. The van der Waals surface area contributed by atoms with E-state index in [1.54, 1.807) is 7.11 Å². The van der Waals surface area contributed by atoms with Gasteiger partial charge in [0, 0.05) is 13.2 Å². The first-order valence-electron chi connectivity index (χ1n) is 6.04. The van der Waals surface area contributed by atoms with Gasteiger partial charge in [0.1, 0.15) is 0 Å². The third-order valence-corrected chi connectivity index (χ3v) is 3.74. The Hall–Kier alpha value is -0.120. The molecule has 0 radical (unpaired) electrons. The Morgan fingerprint density at radius 2 is 2.13 bits per heavy atom. The van der Waals surface area contributed by atoms with E-state index in [9.17, 15) is 5.11 Å². The number of aliphatic hydroxyl groups is 1. The van der Waals surface area contributed by atoms with Crippen LogP contribution < -0.4 is 5.32 Å². The van der Waals surface area contributed by atoms with Crippen LogP contribution in [0.2, 0.25) is 0 Å². The van der Waals surface area contributed by atoms with E-state index in [0.29, 0.717) is 18.6 Å². The molecule has 2 N–H and O–H groups in total. The molecule has 1 aliphatic carbocycles. The zero-order chi connectivity index (χ0) is 11.3. The standard InChI is InChI=1S/C12H25NO2/c1-9-5-4-6-12(10(9)2)13-11(7-14)8-15-3/h9-14H,4-8H2,1-3H3. The van der Waals surface area contributed by atoms with Crippen molar-refractivity contribution < 1.29 is 9.84 Å². The van der Waals surface area contributed by atoms with Crippen LogP contribution in [0.3, 0.4) is 0 Å². The lowest BCUT2D eigenvalue weighted by molar-refractivity contribution is 0.102. The largest absolute Gasteiger partial charge is 0.395 e. The summed E-state index contributed by atoms with van der Waals surface area (Å²) >= 11 is 0. The van der Waals surface area contributed by atoms with Gasteiger partial charge in [-0.25, -0.2) is 0 Å². The minimum Gasteiger partial charge on any atom is -0.395 e. The maximum Gasteiger partial charge on any atom is 0.0638 e. The second-order valence-electron chi connectivity index (χ2n) is 4.88. The minimum atomic E-state index is 0.0905. The van der Waals surface area contributed by atoms with E-state index >= 15 is 0 Å². The summed E-state index contributed by atoms with van der Waals surface area (Å²) in [5.41, 5.74) is 0. The van der Waals surface area contributed by atoms with Crippen LogP contribution in [0.1, 0.15) is 33.1 Å². The molecule has 1 aliphatic rings. The van der Waals surface area contributed by atoms with Gasteiger partial charge in [0.25, 0.3) is 0 Å². The van der Waals surface area contributed by atoms with Crippen LogP contribution in [0.15, 0.2) is 0 Å². The van der Waals surface area contributed by atoms with Crippen LogP contribution in [-0.2, 0) is 4.74 Å². The Morgan fingerprint density at radius 1 is 1.40 bits per heavy atom. The summed E-state index contributed by atoms with van der Waals surface area (Å²) in [6, 6.07) is 0.633. The number of hydrogen-bond acceptors (Lipinski definition) is 3. The van der Waals surface area contributed by atoms with Crippen LogP contribution in [0, 0.1) is 11.8 Å². The average molecular weight is 215 g/mol. The number of aliphatic hydroxyl groups excluding tert-OH is 1. The number of rotatable bonds is 5. The average Bonchev–Trinajstić information content (AvgIpc) is 2.24. The lowest BCUT2D eigenvalue weighted by atomic mass is 9.78. The molecule has 0 aromatic carbocycles. The Balaban J connectivity index is 2.40. The first-order valence-corrected chi connectivity index (χ1v) is 6.04. The first kappa shape index (κ1) is 12.9. The Morgan fingerprint density at radius 3 is 2.73 bits per heavy atom. The fraction of sp³-hybridized carbons (Fsp3) is 1.00. The van der Waals surface area contributed by atoms with Crippen LogP contribution in [-0.4, -0.2) is 37.5 Å². The molecule has 0 saturated heterocycles. The van der Waals surface area contributed by atoms with Gasteiger partial charge in [-0.2, -0.15) is 0 Å². The van der Waals surface area contributed by atoms with Crippen molar-refractivity contribution in [3.8, 4) is 0 Å². The predicted octanol–water partition coefficient (Wildman–Crippen LogP) is 1.41. The van der Waals surface area contributed by atoms with E-state index in [1.165, 1.54) is 19.3 Å². The van der Waals surface area contributed by atoms with Gasteiger partial charge >= 0.3 is 0 Å². The van der Waals surface area contributed by atoms with Crippen molar-refractivity contribution >= 4 is 0 Å². The highest BCUT2D eigenvalue weighted by atomic mass is 16.5. The summed E-state index contributed by atoms with van der Waals surface area (Å²) in [7, 11) is 1.68. The maximum absolute atomic E-state index is 9.20. The van der Waals surface area contributed by atoms with Gasteiger partial charge in [0.2, 0.25) is 0 Å². The van der Waals surface area contributed by atoms with E-state index in [1.807, 2.05) is 0 Å². The zero-order valence-electron chi connectivity index (χ0n) is 10.2. The van der Waals surface area contributed by atoms with E-state index in [-0.39, 0.29) is 12.6 Å². The fourth-order valence-corrected chi connectivity index (χ4v) is 2.47. The summed E-state index contributed by atoms with van der Waals surface area (Å²) in [5.74, 6) is 1.49. The number of nitrogens with one attached hydrogen (secondary N) is 1. The summed E-state index contributed by atoms with van der Waals surface area (Å²) in [5, 5.41) is 12.7. The van der Waals surface area contributed by atoms with Gasteiger partial charge in [-0.15, -0.1) is 0 Å². The second-order valence-corrected chi connectivity index (χ2v) is 4.88. The molecule has 0 aromatic heterocycles. The topological polar surface area (TPSA) is 41.5 Å². The second kappa shape index (κ2) is 6.46. The monoisotopic (exact) mass is 215 g/mol. The van der Waals surface area contributed by atoms with Crippen LogP contribution in [0.5, 0.6) is 0 Å². The van der Waals surface area contributed by atoms with E-state index in [4.69, 9.17) is 4.74 Å². The van der Waals surface area contributed by atoms with Crippen LogP contribution >= 0.6 is 0 Å². The van der Waals surface area contributed by atoms with Crippen molar-refractivity contribution in [2.45, 2.75) is 45.2 Å². The molecule has 90 valence electrons. The maximum atomic E-state index is 9.20. The minimum absolute atomic E-state index is 0.0905. The molecule has 0 aliphatic heterocycles. The molecular weight excluding hydrogens is 190 g/mol. The zero-order valence-corrected chi connectivity index (χ0v) is 10.2. The normalized spacial score (nSPS) is 34.0. The van der Waals surface area contributed by atoms with Gasteiger partial charge in [0.05, 0.1) is 19.3 Å². The van der Waals surface area contributed by atoms with E-state index < -0.39 is 0 Å². The Bertz CT molecular complexity index is 175. The number of methoxy groups -OCH3 is 1. The lowest BCUT2D eigenvalue weighted by Gasteiger charge is -2.36. The Kier molecular flexibility index (Phi) is 5.58. The van der Waals surface area contributed by atoms with Gasteiger partial charge in [-0.3, -0.25) is 0 Å². The van der Waals surface area contributed by atoms with Crippen molar-refractivity contribution in [2.24, 2.45) is 11.8 Å². The van der Waals surface area contributed by atoms with Gasteiger partial charge in [-0.05, 0) is 18.3 Å². The molecule has 1 fully saturated rings. The molecular formula is C12H25NO2. The molecule has 4 atom stereocenters. The highest BCUT2D eigenvalue weighted by molar-refractivity contribution is 4.84. The quantitative estimate of drug-likeness (QED) is 0.728. The number of hydrogen-bond donors (Lipinski definition) is 2. The molecule has 0 spiro atoms. The molecule has 4 unspecified atom stereocenters. The molecule has 3 heteroatoms. The molecule has 0 amide bonds. The van der Waals surface area contributed by atoms with E-state index in [0.717, 1.165) is 5.92 Å². The van der Waals surface area contributed by atoms with Gasteiger partial charge in [0.15, 0.2) is 0 Å². The van der Waals surface area contributed by atoms with E-state index in [2.05, 4.69) is 19.2 Å². The summed E-state index contributed by atoms with van der Waals surface area (Å²) in [4.78, 5) is 0. The predicted molar refractivity (Wildman–Crippen MR) is 61.9 cm³/mol. The van der Waals surface area contributed by atoms with Crippen LogP contribution in [0.25, 0.3) is 0 Å². The number of ether oxygens (including phenoxy) is 1. The van der Waals surface area contributed by atoms with Crippen molar-refractivity contribution in [1.82, 2.24) is 5.32 Å². The third kappa shape index (κ3) is 3.74. The summed E-state index contributed by atoms with van der Waals surface area (Å²) < 4.78 is 5.08. The molecule has 15 heavy (non-hydrogen) atoms. The molecule has 3 nitrogen and oxygen atoms in total. The summed E-state index contributed by atoms with van der Waals surface area (Å²) in [6.07, 6.45) is 3.87. The Labute approximate surface area is 93.2 Å². The lowest BCUT2D eigenvalue weighted by Crippen LogP contribution is -2.48. The van der Waals surface area contributed by atoms with Crippen molar-refractivity contribution in [2.75, 3.05) is 20.3 Å². The smallest absolute Gasteiger partial charge is 0.0638 e. The van der Waals surface area contributed by atoms with Crippen LogP contribution in [0.4, 0.5) is 0 Å². The first-order chi connectivity index (χ1) is 7.19. The molecule has 0 heterocycles. The highest BCUT2D eigenvalue weighted by Crippen LogP contribution is 2.29.